The largest absolute Gasteiger partial charge is 0.335 e. The fraction of sp³-hybridized carbons (Fsp3) is 0.722. The zero-order chi connectivity index (χ0) is 16.1. The molecule has 1 aliphatic heterocycles. The van der Waals surface area contributed by atoms with E-state index in [1.165, 1.54) is 50.1 Å². The minimum Gasteiger partial charge on any atom is -0.335 e. The van der Waals surface area contributed by atoms with Gasteiger partial charge in [-0.3, -0.25) is 0 Å². The highest BCUT2D eigenvalue weighted by Gasteiger charge is 2.33. The second-order valence-corrected chi connectivity index (χ2v) is 8.08. The Morgan fingerprint density at radius 1 is 1.22 bits per heavy atom. The third-order valence-electron chi connectivity index (χ3n) is 5.33. The standard InChI is InChI=1S/C18H29N3OS/c1-14(19-18(22)20-15-8-3-2-4-9-15)17(16-10-7-13-23-16)21-11-5-6-12-21/h7,10,13-15,17H,2-6,8-9,11-12H2,1H3,(H2,19,20,22)/p+1/t14-,17-/m1/s1. The molecule has 0 radical (unpaired) electrons. The molecule has 1 aromatic heterocycles. The van der Waals surface area contributed by atoms with E-state index < -0.39 is 0 Å². The van der Waals surface area contributed by atoms with Crippen LogP contribution in [0.15, 0.2) is 17.5 Å². The Bertz CT molecular complexity index is 478. The molecule has 4 nitrogen and oxygen atoms in total. The molecule has 1 aliphatic carbocycles. The van der Waals surface area contributed by atoms with Gasteiger partial charge < -0.3 is 15.5 Å². The Kier molecular flexibility index (Phi) is 5.95. The number of carbonyl (C=O) groups excluding carboxylic acids is 1. The van der Waals surface area contributed by atoms with E-state index >= 15 is 0 Å². The van der Waals surface area contributed by atoms with Crippen molar-refractivity contribution >= 4 is 17.4 Å². The summed E-state index contributed by atoms with van der Waals surface area (Å²) in [4.78, 5) is 15.4. The van der Waals surface area contributed by atoms with E-state index in [1.807, 2.05) is 11.3 Å². The van der Waals surface area contributed by atoms with Crippen molar-refractivity contribution in [3.05, 3.63) is 22.4 Å². The number of carbonyl (C=O) groups is 1. The van der Waals surface area contributed by atoms with Crippen LogP contribution in [0.5, 0.6) is 0 Å². The Hall–Kier alpha value is -1.07. The van der Waals surface area contributed by atoms with Crippen LogP contribution in [0.3, 0.4) is 0 Å². The first-order valence-corrected chi connectivity index (χ1v) is 10.1. The van der Waals surface area contributed by atoms with Gasteiger partial charge in [0.05, 0.1) is 24.0 Å². The van der Waals surface area contributed by atoms with Crippen LogP contribution < -0.4 is 15.5 Å². The molecule has 2 fully saturated rings. The summed E-state index contributed by atoms with van der Waals surface area (Å²) >= 11 is 1.82. The van der Waals surface area contributed by atoms with Gasteiger partial charge in [0.25, 0.3) is 0 Å². The number of amides is 2. The molecule has 2 aliphatic rings. The van der Waals surface area contributed by atoms with E-state index in [-0.39, 0.29) is 12.1 Å². The van der Waals surface area contributed by atoms with Crippen molar-refractivity contribution in [1.29, 1.82) is 0 Å². The maximum Gasteiger partial charge on any atom is 0.315 e. The predicted octanol–water partition coefficient (Wildman–Crippen LogP) is 2.49. The minimum atomic E-state index is 0.0181. The first-order valence-electron chi connectivity index (χ1n) is 9.19. The Balaban J connectivity index is 1.59. The molecule has 0 bridgehead atoms. The van der Waals surface area contributed by atoms with Gasteiger partial charge in [0.15, 0.2) is 0 Å². The van der Waals surface area contributed by atoms with E-state index in [4.69, 9.17) is 0 Å². The third-order valence-corrected chi connectivity index (χ3v) is 6.29. The van der Waals surface area contributed by atoms with E-state index in [1.54, 1.807) is 4.90 Å². The minimum absolute atomic E-state index is 0.0181. The van der Waals surface area contributed by atoms with Gasteiger partial charge in [-0.05, 0) is 31.2 Å². The average molecular weight is 337 g/mol. The number of hydrogen-bond donors (Lipinski definition) is 3. The molecule has 1 saturated heterocycles. The fourth-order valence-corrected chi connectivity index (χ4v) is 5.16. The van der Waals surface area contributed by atoms with Gasteiger partial charge in [0, 0.05) is 18.9 Å². The van der Waals surface area contributed by atoms with Crippen LogP contribution in [0.1, 0.15) is 62.8 Å². The molecule has 3 rings (SSSR count). The van der Waals surface area contributed by atoms with Crippen LogP contribution in [-0.4, -0.2) is 31.2 Å². The van der Waals surface area contributed by atoms with Crippen LogP contribution in [0, 0.1) is 0 Å². The molecule has 1 aromatic rings. The van der Waals surface area contributed by atoms with Gasteiger partial charge in [0.2, 0.25) is 0 Å². The van der Waals surface area contributed by atoms with Crippen molar-refractivity contribution in [2.75, 3.05) is 13.1 Å². The molecule has 2 heterocycles. The second kappa shape index (κ2) is 8.15. The highest BCUT2D eigenvalue weighted by atomic mass is 32.1. The molecular weight excluding hydrogens is 306 g/mol. The smallest absolute Gasteiger partial charge is 0.315 e. The zero-order valence-electron chi connectivity index (χ0n) is 14.1. The molecule has 23 heavy (non-hydrogen) atoms. The van der Waals surface area contributed by atoms with Crippen molar-refractivity contribution in [1.82, 2.24) is 10.6 Å². The molecule has 0 aromatic carbocycles. The van der Waals surface area contributed by atoms with Gasteiger partial charge in [-0.15, -0.1) is 11.3 Å². The summed E-state index contributed by atoms with van der Waals surface area (Å²) in [6.07, 6.45) is 8.68. The number of urea groups is 1. The third kappa shape index (κ3) is 4.48. The lowest BCUT2D eigenvalue weighted by atomic mass is 9.96. The van der Waals surface area contributed by atoms with Crippen LogP contribution in [0.4, 0.5) is 4.79 Å². The summed E-state index contributed by atoms with van der Waals surface area (Å²) in [5.41, 5.74) is 0. The maximum atomic E-state index is 12.4. The Morgan fingerprint density at radius 3 is 2.61 bits per heavy atom. The lowest BCUT2D eigenvalue weighted by Gasteiger charge is -2.30. The van der Waals surface area contributed by atoms with Crippen LogP contribution in [0.25, 0.3) is 0 Å². The van der Waals surface area contributed by atoms with Crippen LogP contribution >= 0.6 is 11.3 Å². The van der Waals surface area contributed by atoms with Crippen LogP contribution in [0.2, 0.25) is 0 Å². The molecule has 1 saturated carbocycles. The fourth-order valence-electron chi connectivity index (χ4n) is 4.17. The molecule has 128 valence electrons. The lowest BCUT2D eigenvalue weighted by Crippen LogP contribution is -3.11. The lowest BCUT2D eigenvalue weighted by molar-refractivity contribution is -0.920. The molecular formula is C18H30N3OS+. The Morgan fingerprint density at radius 2 is 1.96 bits per heavy atom. The maximum absolute atomic E-state index is 12.4. The predicted molar refractivity (Wildman–Crippen MR) is 95.0 cm³/mol. The van der Waals surface area contributed by atoms with Gasteiger partial charge in [-0.2, -0.15) is 0 Å². The van der Waals surface area contributed by atoms with Crippen molar-refractivity contribution < 1.29 is 9.69 Å². The highest BCUT2D eigenvalue weighted by Crippen LogP contribution is 2.21. The molecule has 5 heteroatoms. The molecule has 0 unspecified atom stereocenters. The summed E-state index contributed by atoms with van der Waals surface area (Å²) in [5, 5.41) is 8.56. The van der Waals surface area contributed by atoms with Gasteiger partial charge in [0.1, 0.15) is 6.04 Å². The van der Waals surface area contributed by atoms with Crippen molar-refractivity contribution in [3.63, 3.8) is 0 Å². The summed E-state index contributed by atoms with van der Waals surface area (Å²) in [6, 6.07) is 5.27. The number of nitrogens with one attached hydrogen (secondary N) is 3. The number of rotatable bonds is 5. The summed E-state index contributed by atoms with van der Waals surface area (Å²) in [6.45, 7) is 4.60. The first kappa shape index (κ1) is 16.8. The summed E-state index contributed by atoms with van der Waals surface area (Å²) in [7, 11) is 0. The molecule has 2 atom stereocenters. The van der Waals surface area contributed by atoms with Gasteiger partial charge in [-0.25, -0.2) is 4.79 Å². The van der Waals surface area contributed by atoms with Gasteiger partial charge in [-0.1, -0.05) is 25.3 Å². The zero-order valence-corrected chi connectivity index (χ0v) is 15.0. The van der Waals surface area contributed by atoms with Crippen molar-refractivity contribution in [3.8, 4) is 0 Å². The number of hydrogen-bond acceptors (Lipinski definition) is 2. The van der Waals surface area contributed by atoms with Crippen LogP contribution in [-0.2, 0) is 0 Å². The topological polar surface area (TPSA) is 45.6 Å². The van der Waals surface area contributed by atoms with Crippen molar-refractivity contribution in [2.24, 2.45) is 0 Å². The average Bonchev–Trinajstić information content (AvgIpc) is 3.22. The van der Waals surface area contributed by atoms with E-state index in [0.717, 1.165) is 12.8 Å². The molecule has 0 spiro atoms. The Labute approximate surface area is 143 Å². The van der Waals surface area contributed by atoms with Gasteiger partial charge >= 0.3 is 6.03 Å². The number of likely N-dealkylation sites (tertiary alicyclic amines) is 1. The van der Waals surface area contributed by atoms with E-state index in [2.05, 4.69) is 35.1 Å². The normalized spacial score (nSPS) is 22.7. The number of thiophene rings is 1. The van der Waals surface area contributed by atoms with Crippen molar-refractivity contribution in [2.45, 2.75) is 70.0 Å². The monoisotopic (exact) mass is 336 g/mol. The second-order valence-electron chi connectivity index (χ2n) is 7.10. The quantitative estimate of drug-likeness (QED) is 0.760. The summed E-state index contributed by atoms with van der Waals surface area (Å²) in [5.74, 6) is 0. The SMILES string of the molecule is C[C@@H](NC(=O)NC1CCCCC1)[C@H](c1cccs1)[NH+]1CCCC1. The highest BCUT2D eigenvalue weighted by molar-refractivity contribution is 7.10. The molecule has 2 amide bonds. The van der Waals surface area contributed by atoms with E-state index in [9.17, 15) is 4.79 Å². The number of quaternary nitrogens is 1. The first-order chi connectivity index (χ1) is 11.2. The van der Waals surface area contributed by atoms with E-state index in [0.29, 0.717) is 12.1 Å². The summed E-state index contributed by atoms with van der Waals surface area (Å²) < 4.78 is 0. The molecule has 3 N–H and O–H groups in total.